The van der Waals surface area contributed by atoms with Gasteiger partial charge in [-0.05, 0) is 43.4 Å². The second-order valence-corrected chi connectivity index (χ2v) is 6.56. The molecule has 5 nitrogen and oxygen atoms in total. The molecule has 1 saturated heterocycles. The third-order valence-corrected chi connectivity index (χ3v) is 4.72. The number of aryl methyl sites for hydroxylation is 1. The first kappa shape index (κ1) is 19.3. The summed E-state index contributed by atoms with van der Waals surface area (Å²) in [7, 11) is 3.55. The Labute approximate surface area is 152 Å². The number of guanidine groups is 1. The molecule has 1 fully saturated rings. The fourth-order valence-corrected chi connectivity index (χ4v) is 3.18. The minimum absolute atomic E-state index is 0.492. The fourth-order valence-electron chi connectivity index (χ4n) is 3.18. The molecule has 1 aromatic rings. The van der Waals surface area contributed by atoms with Crippen LogP contribution in [0.4, 0.5) is 0 Å². The molecule has 2 N–H and O–H groups in total. The highest BCUT2D eigenvalue weighted by molar-refractivity contribution is 5.79. The molecule has 138 valence electrons. The van der Waals surface area contributed by atoms with Crippen molar-refractivity contribution in [1.82, 2.24) is 15.5 Å². The molecular weight excluding hydrogens is 312 g/mol. The molecule has 1 aliphatic rings. The Morgan fingerprint density at radius 1 is 1.40 bits per heavy atom. The summed E-state index contributed by atoms with van der Waals surface area (Å²) in [5.74, 6) is 1.84. The molecular formula is C20H32N4O. The molecule has 0 atom stereocenters. The summed E-state index contributed by atoms with van der Waals surface area (Å²) in [6, 6.07) is 6.87. The SMILES string of the molecule is C=CCN1CCC(NC(=NC)NCCc2ccc(C)c(OC)c2)CC1. The van der Waals surface area contributed by atoms with Crippen molar-refractivity contribution in [3.8, 4) is 5.75 Å². The highest BCUT2D eigenvalue weighted by Crippen LogP contribution is 2.19. The number of nitrogens with zero attached hydrogens (tertiary/aromatic N) is 2. The maximum atomic E-state index is 5.39. The van der Waals surface area contributed by atoms with E-state index in [1.165, 1.54) is 11.1 Å². The molecule has 0 spiro atoms. The second kappa shape index (κ2) is 10.1. The lowest BCUT2D eigenvalue weighted by molar-refractivity contribution is 0.225. The van der Waals surface area contributed by atoms with Crippen molar-refractivity contribution in [3.05, 3.63) is 42.0 Å². The average molecular weight is 345 g/mol. The lowest BCUT2D eigenvalue weighted by Crippen LogP contribution is -2.49. The van der Waals surface area contributed by atoms with E-state index in [4.69, 9.17) is 4.74 Å². The number of piperidine rings is 1. The van der Waals surface area contributed by atoms with Crippen molar-refractivity contribution >= 4 is 5.96 Å². The number of ether oxygens (including phenoxy) is 1. The van der Waals surface area contributed by atoms with E-state index >= 15 is 0 Å². The summed E-state index contributed by atoms with van der Waals surface area (Å²) in [5.41, 5.74) is 2.43. The van der Waals surface area contributed by atoms with Gasteiger partial charge in [0.2, 0.25) is 0 Å². The Kier molecular flexibility index (Phi) is 7.79. The van der Waals surface area contributed by atoms with Gasteiger partial charge in [0, 0.05) is 39.3 Å². The number of rotatable bonds is 7. The van der Waals surface area contributed by atoms with Crippen molar-refractivity contribution in [3.63, 3.8) is 0 Å². The predicted octanol–water partition coefficient (Wildman–Crippen LogP) is 2.36. The minimum atomic E-state index is 0.492. The van der Waals surface area contributed by atoms with Crippen molar-refractivity contribution in [2.24, 2.45) is 4.99 Å². The summed E-state index contributed by atoms with van der Waals surface area (Å²) in [6.45, 7) is 9.94. The van der Waals surface area contributed by atoms with E-state index in [9.17, 15) is 0 Å². The highest BCUT2D eigenvalue weighted by Gasteiger charge is 2.18. The third-order valence-electron chi connectivity index (χ3n) is 4.72. The van der Waals surface area contributed by atoms with Crippen LogP contribution in [0.1, 0.15) is 24.0 Å². The molecule has 0 radical (unpaired) electrons. The van der Waals surface area contributed by atoms with Crippen LogP contribution in [0.25, 0.3) is 0 Å². The second-order valence-electron chi connectivity index (χ2n) is 6.56. The normalized spacial score (nSPS) is 16.5. The number of hydrogen-bond donors (Lipinski definition) is 2. The van der Waals surface area contributed by atoms with Gasteiger partial charge in [0.25, 0.3) is 0 Å². The Morgan fingerprint density at radius 3 is 2.80 bits per heavy atom. The lowest BCUT2D eigenvalue weighted by Gasteiger charge is -2.32. The molecule has 25 heavy (non-hydrogen) atoms. The summed E-state index contributed by atoms with van der Waals surface area (Å²) in [6.07, 6.45) is 5.21. The zero-order valence-corrected chi connectivity index (χ0v) is 15.8. The summed E-state index contributed by atoms with van der Waals surface area (Å²) in [5, 5.41) is 6.97. The van der Waals surface area contributed by atoms with Crippen LogP contribution in [0.5, 0.6) is 5.75 Å². The van der Waals surface area contributed by atoms with Crippen molar-refractivity contribution in [2.75, 3.05) is 40.3 Å². The van der Waals surface area contributed by atoms with Gasteiger partial charge in [-0.3, -0.25) is 9.89 Å². The van der Waals surface area contributed by atoms with Gasteiger partial charge in [0.15, 0.2) is 5.96 Å². The maximum absolute atomic E-state index is 5.39. The topological polar surface area (TPSA) is 48.9 Å². The van der Waals surface area contributed by atoms with E-state index in [0.29, 0.717) is 6.04 Å². The molecule has 2 rings (SSSR count). The van der Waals surface area contributed by atoms with E-state index in [1.54, 1.807) is 7.11 Å². The smallest absolute Gasteiger partial charge is 0.191 e. The molecule has 0 saturated carbocycles. The third kappa shape index (κ3) is 6.09. The first-order chi connectivity index (χ1) is 12.2. The zero-order chi connectivity index (χ0) is 18.1. The molecule has 1 aromatic carbocycles. The number of aliphatic imine (C=N–C) groups is 1. The average Bonchev–Trinajstić information content (AvgIpc) is 2.64. The highest BCUT2D eigenvalue weighted by atomic mass is 16.5. The zero-order valence-electron chi connectivity index (χ0n) is 15.8. The Balaban J connectivity index is 1.75. The van der Waals surface area contributed by atoms with E-state index in [2.05, 4.69) is 52.2 Å². The Hall–Kier alpha value is -2.01. The summed E-state index contributed by atoms with van der Waals surface area (Å²) >= 11 is 0. The fraction of sp³-hybridized carbons (Fsp3) is 0.550. The van der Waals surface area contributed by atoms with Crippen LogP contribution in [0.3, 0.4) is 0 Å². The van der Waals surface area contributed by atoms with Crippen LogP contribution in [0, 0.1) is 6.92 Å². The monoisotopic (exact) mass is 344 g/mol. The number of nitrogens with one attached hydrogen (secondary N) is 2. The quantitative estimate of drug-likeness (QED) is 0.453. The predicted molar refractivity (Wildman–Crippen MR) is 106 cm³/mol. The van der Waals surface area contributed by atoms with Crippen molar-refractivity contribution < 1.29 is 4.74 Å². The largest absolute Gasteiger partial charge is 0.496 e. The van der Waals surface area contributed by atoms with Gasteiger partial charge in [-0.15, -0.1) is 6.58 Å². The van der Waals surface area contributed by atoms with E-state index in [1.807, 2.05) is 13.1 Å². The van der Waals surface area contributed by atoms with Gasteiger partial charge in [-0.25, -0.2) is 0 Å². The molecule has 0 bridgehead atoms. The number of methoxy groups -OCH3 is 1. The molecule has 0 unspecified atom stereocenters. The summed E-state index contributed by atoms with van der Waals surface area (Å²) in [4.78, 5) is 6.79. The van der Waals surface area contributed by atoms with Gasteiger partial charge >= 0.3 is 0 Å². The van der Waals surface area contributed by atoms with E-state index in [-0.39, 0.29) is 0 Å². The molecule has 0 aromatic heterocycles. The van der Waals surface area contributed by atoms with Crippen LogP contribution in [-0.4, -0.2) is 57.2 Å². The van der Waals surface area contributed by atoms with Gasteiger partial charge in [0.05, 0.1) is 7.11 Å². The van der Waals surface area contributed by atoms with Crippen molar-refractivity contribution in [1.29, 1.82) is 0 Å². The van der Waals surface area contributed by atoms with Gasteiger partial charge in [-0.1, -0.05) is 18.2 Å². The van der Waals surface area contributed by atoms with Crippen molar-refractivity contribution in [2.45, 2.75) is 32.2 Å². The number of benzene rings is 1. The first-order valence-electron chi connectivity index (χ1n) is 9.10. The lowest BCUT2D eigenvalue weighted by atomic mass is 10.1. The molecule has 1 aliphatic heterocycles. The van der Waals surface area contributed by atoms with Crippen LogP contribution < -0.4 is 15.4 Å². The molecule has 0 amide bonds. The maximum Gasteiger partial charge on any atom is 0.191 e. The van der Waals surface area contributed by atoms with Crippen LogP contribution in [0.15, 0.2) is 35.8 Å². The standard InChI is InChI=1S/C20H32N4O/c1-5-12-24-13-9-18(10-14-24)23-20(21-3)22-11-8-17-7-6-16(2)19(15-17)25-4/h5-7,15,18H,1,8-14H2,2-4H3,(H2,21,22,23). The first-order valence-corrected chi connectivity index (χ1v) is 9.10. The molecule has 1 heterocycles. The van der Waals surface area contributed by atoms with E-state index < -0.39 is 0 Å². The van der Waals surface area contributed by atoms with E-state index in [0.717, 1.165) is 57.2 Å². The van der Waals surface area contributed by atoms with Gasteiger partial charge < -0.3 is 15.4 Å². The summed E-state index contributed by atoms with van der Waals surface area (Å²) < 4.78 is 5.39. The number of hydrogen-bond acceptors (Lipinski definition) is 3. The molecule has 0 aliphatic carbocycles. The van der Waals surface area contributed by atoms with Crippen LogP contribution >= 0.6 is 0 Å². The van der Waals surface area contributed by atoms with Crippen LogP contribution in [0.2, 0.25) is 0 Å². The Bertz CT molecular complexity index is 577. The minimum Gasteiger partial charge on any atom is -0.496 e. The van der Waals surface area contributed by atoms with Gasteiger partial charge in [-0.2, -0.15) is 0 Å². The number of likely N-dealkylation sites (tertiary alicyclic amines) is 1. The Morgan fingerprint density at radius 2 is 2.16 bits per heavy atom. The van der Waals surface area contributed by atoms with Gasteiger partial charge in [0.1, 0.15) is 5.75 Å². The van der Waals surface area contributed by atoms with Crippen LogP contribution in [-0.2, 0) is 6.42 Å². The molecule has 5 heteroatoms.